The van der Waals surface area contributed by atoms with Crippen molar-refractivity contribution in [3.05, 3.63) is 64.7 Å². The molecule has 0 unspecified atom stereocenters. The van der Waals surface area contributed by atoms with Gasteiger partial charge in [0.05, 0.1) is 4.90 Å². The zero-order valence-electron chi connectivity index (χ0n) is 19.6. The summed E-state index contributed by atoms with van der Waals surface area (Å²) in [6, 6.07) is 8.75. The highest BCUT2D eigenvalue weighted by molar-refractivity contribution is 7.89. The Labute approximate surface area is 199 Å². The monoisotopic (exact) mass is 493 g/mol. The van der Waals surface area contributed by atoms with Crippen LogP contribution in [0.5, 0.6) is 0 Å². The normalized spacial score (nSPS) is 14.8. The molecule has 0 N–H and O–H groups in total. The van der Waals surface area contributed by atoms with Crippen LogP contribution in [0.3, 0.4) is 0 Å². The van der Waals surface area contributed by atoms with Crippen LogP contribution >= 0.6 is 0 Å². The van der Waals surface area contributed by atoms with Gasteiger partial charge < -0.3 is 9.80 Å². The van der Waals surface area contributed by atoms with Crippen LogP contribution < -0.4 is 0 Å². The maximum absolute atomic E-state index is 13.4. The van der Waals surface area contributed by atoms with E-state index in [9.17, 15) is 26.8 Å². The molecule has 2 amide bonds. The number of nitrogens with zero attached hydrogens (tertiary/aromatic N) is 3. The molecule has 0 bridgehead atoms. The van der Waals surface area contributed by atoms with Crippen molar-refractivity contribution in [2.45, 2.75) is 38.1 Å². The molecule has 1 aliphatic rings. The molecule has 0 aromatic heterocycles. The van der Waals surface area contributed by atoms with Crippen molar-refractivity contribution in [2.75, 3.05) is 33.2 Å². The fraction of sp³-hybridized carbons (Fsp3) is 0.417. The number of hydrogen-bond donors (Lipinski definition) is 0. The lowest BCUT2D eigenvalue weighted by Crippen LogP contribution is -2.50. The third-order valence-electron chi connectivity index (χ3n) is 5.94. The third kappa shape index (κ3) is 5.98. The van der Waals surface area contributed by atoms with Gasteiger partial charge in [-0.25, -0.2) is 17.2 Å². The summed E-state index contributed by atoms with van der Waals surface area (Å²) in [4.78, 5) is 28.2. The number of benzene rings is 2. The van der Waals surface area contributed by atoms with Gasteiger partial charge in [0.15, 0.2) is 11.6 Å². The van der Waals surface area contributed by atoms with Crippen LogP contribution in [0.15, 0.2) is 41.3 Å². The maximum Gasteiger partial charge on any atom is 0.243 e. The van der Waals surface area contributed by atoms with E-state index in [0.717, 1.165) is 17.7 Å². The number of halogens is 2. The standard InChI is InChI=1S/C24H29F2N3O4S/c1-17-4-5-18(2)22(14-17)34(32,33)29-12-10-28(11-13-29)24(31)9-8-23(30)27(3)16-19-6-7-20(25)21(26)15-19/h4-7,14-15H,8-13,16H2,1-3H3. The first-order valence-corrected chi connectivity index (χ1v) is 12.5. The molecule has 1 saturated heterocycles. The Morgan fingerprint density at radius 1 is 0.941 bits per heavy atom. The van der Waals surface area contributed by atoms with Gasteiger partial charge in [-0.15, -0.1) is 0 Å². The van der Waals surface area contributed by atoms with Crippen LogP contribution in [-0.4, -0.2) is 67.6 Å². The van der Waals surface area contributed by atoms with Gasteiger partial charge in [-0.3, -0.25) is 9.59 Å². The van der Waals surface area contributed by atoms with E-state index in [0.29, 0.717) is 11.1 Å². The molecule has 0 radical (unpaired) electrons. The third-order valence-corrected chi connectivity index (χ3v) is 7.98. The molecule has 0 atom stereocenters. The molecule has 184 valence electrons. The van der Waals surface area contributed by atoms with Crippen molar-refractivity contribution in [2.24, 2.45) is 0 Å². The number of amides is 2. The fourth-order valence-electron chi connectivity index (χ4n) is 3.87. The van der Waals surface area contributed by atoms with Gasteiger partial charge in [0.2, 0.25) is 21.8 Å². The van der Waals surface area contributed by atoms with E-state index < -0.39 is 21.7 Å². The summed E-state index contributed by atoms with van der Waals surface area (Å²) < 4.78 is 53.9. The summed E-state index contributed by atoms with van der Waals surface area (Å²) in [5, 5.41) is 0. The Morgan fingerprint density at radius 3 is 2.26 bits per heavy atom. The number of carbonyl (C=O) groups is 2. The average molecular weight is 494 g/mol. The Hall–Kier alpha value is -2.85. The summed E-state index contributed by atoms with van der Waals surface area (Å²) in [5.41, 5.74) is 1.98. The van der Waals surface area contributed by atoms with Crippen molar-refractivity contribution in [1.82, 2.24) is 14.1 Å². The van der Waals surface area contributed by atoms with Crippen LogP contribution in [0, 0.1) is 25.5 Å². The first kappa shape index (κ1) is 25.8. The Morgan fingerprint density at radius 2 is 1.62 bits per heavy atom. The quantitative estimate of drug-likeness (QED) is 0.594. The highest BCUT2D eigenvalue weighted by Crippen LogP contribution is 2.22. The molecule has 7 nitrogen and oxygen atoms in total. The number of piperazine rings is 1. The molecule has 2 aromatic carbocycles. The maximum atomic E-state index is 13.4. The van der Waals surface area contributed by atoms with Crippen LogP contribution in [0.1, 0.15) is 29.5 Å². The summed E-state index contributed by atoms with van der Waals surface area (Å²) in [7, 11) is -2.12. The van der Waals surface area contributed by atoms with Crippen molar-refractivity contribution in [3.8, 4) is 0 Å². The molecule has 1 fully saturated rings. The summed E-state index contributed by atoms with van der Waals surface area (Å²) in [6.07, 6.45) is -0.0370. The van der Waals surface area contributed by atoms with E-state index >= 15 is 0 Å². The highest BCUT2D eigenvalue weighted by atomic mass is 32.2. The lowest BCUT2D eigenvalue weighted by molar-refractivity contribution is -0.137. The van der Waals surface area contributed by atoms with E-state index in [4.69, 9.17) is 0 Å². The first-order chi connectivity index (χ1) is 16.0. The second kappa shape index (κ2) is 10.6. The van der Waals surface area contributed by atoms with E-state index in [-0.39, 0.29) is 62.3 Å². The lowest BCUT2D eigenvalue weighted by atomic mass is 10.2. The second-order valence-electron chi connectivity index (χ2n) is 8.55. The average Bonchev–Trinajstić information content (AvgIpc) is 2.81. The summed E-state index contributed by atoms with van der Waals surface area (Å²) in [5.74, 6) is -2.45. The molecule has 0 spiro atoms. The molecule has 10 heteroatoms. The molecule has 0 aliphatic carbocycles. The van der Waals surface area contributed by atoms with Crippen LogP contribution in [0.25, 0.3) is 0 Å². The van der Waals surface area contributed by atoms with Crippen molar-refractivity contribution >= 4 is 21.8 Å². The van der Waals surface area contributed by atoms with E-state index in [2.05, 4.69) is 0 Å². The molecule has 2 aromatic rings. The molecule has 1 heterocycles. The highest BCUT2D eigenvalue weighted by Gasteiger charge is 2.31. The largest absolute Gasteiger partial charge is 0.341 e. The second-order valence-corrected chi connectivity index (χ2v) is 10.5. The van der Waals surface area contributed by atoms with Gasteiger partial charge in [0.25, 0.3) is 0 Å². The molecule has 1 aliphatic heterocycles. The van der Waals surface area contributed by atoms with E-state index in [1.807, 2.05) is 13.0 Å². The van der Waals surface area contributed by atoms with Gasteiger partial charge >= 0.3 is 0 Å². The minimum absolute atomic E-state index is 0.00924. The minimum atomic E-state index is -3.65. The zero-order valence-corrected chi connectivity index (χ0v) is 20.4. The van der Waals surface area contributed by atoms with Gasteiger partial charge in [-0.1, -0.05) is 18.2 Å². The molecule has 3 rings (SSSR count). The Kier molecular flexibility index (Phi) is 8.04. The van der Waals surface area contributed by atoms with Crippen LogP contribution in [-0.2, 0) is 26.2 Å². The molecular formula is C24H29F2N3O4S. The zero-order chi connectivity index (χ0) is 25.0. The predicted molar refractivity (Wildman–Crippen MR) is 123 cm³/mol. The summed E-state index contributed by atoms with van der Waals surface area (Å²) >= 11 is 0. The topological polar surface area (TPSA) is 78.0 Å². The number of sulfonamides is 1. The van der Waals surface area contributed by atoms with Crippen molar-refractivity contribution in [1.29, 1.82) is 0 Å². The minimum Gasteiger partial charge on any atom is -0.341 e. The number of rotatable bonds is 7. The van der Waals surface area contributed by atoms with Gasteiger partial charge in [-0.2, -0.15) is 4.31 Å². The van der Waals surface area contributed by atoms with Gasteiger partial charge in [0, 0.05) is 52.6 Å². The van der Waals surface area contributed by atoms with Gasteiger partial charge in [-0.05, 0) is 48.7 Å². The molecule has 34 heavy (non-hydrogen) atoms. The number of hydrogen-bond acceptors (Lipinski definition) is 4. The Balaban J connectivity index is 1.50. The van der Waals surface area contributed by atoms with E-state index in [1.165, 1.54) is 22.3 Å². The molecule has 0 saturated carbocycles. The van der Waals surface area contributed by atoms with Crippen LogP contribution in [0.2, 0.25) is 0 Å². The predicted octanol–water partition coefficient (Wildman–Crippen LogP) is 2.85. The smallest absolute Gasteiger partial charge is 0.243 e. The number of carbonyl (C=O) groups excluding carboxylic acids is 2. The number of aryl methyl sites for hydroxylation is 2. The van der Waals surface area contributed by atoms with Crippen molar-refractivity contribution < 1.29 is 26.8 Å². The van der Waals surface area contributed by atoms with Crippen molar-refractivity contribution in [3.63, 3.8) is 0 Å². The summed E-state index contributed by atoms with van der Waals surface area (Å²) in [6.45, 7) is 4.57. The first-order valence-electron chi connectivity index (χ1n) is 11.0. The Bertz CT molecular complexity index is 1180. The van der Waals surface area contributed by atoms with Crippen LogP contribution in [0.4, 0.5) is 8.78 Å². The van der Waals surface area contributed by atoms with E-state index in [1.54, 1.807) is 24.0 Å². The lowest BCUT2D eigenvalue weighted by Gasteiger charge is -2.34. The molecular weight excluding hydrogens is 464 g/mol. The SMILES string of the molecule is Cc1ccc(C)c(S(=O)(=O)N2CCN(C(=O)CCC(=O)N(C)Cc3ccc(F)c(F)c3)CC2)c1. The fourth-order valence-corrected chi connectivity index (χ4v) is 5.60. The van der Waals surface area contributed by atoms with Gasteiger partial charge in [0.1, 0.15) is 0 Å².